The van der Waals surface area contributed by atoms with Crippen LogP contribution in [0.15, 0.2) is 0 Å². The van der Waals surface area contributed by atoms with Crippen molar-refractivity contribution in [2.45, 2.75) is 34.1 Å². The Morgan fingerprint density at radius 3 is 2.33 bits per heavy atom. The molecule has 5 nitrogen and oxygen atoms in total. The summed E-state index contributed by atoms with van der Waals surface area (Å²) in [6.07, 6.45) is 0.537. The third-order valence-electron chi connectivity index (χ3n) is 3.78. The molecular formula is C13H24N2O3. The van der Waals surface area contributed by atoms with Gasteiger partial charge in [-0.2, -0.15) is 0 Å². The van der Waals surface area contributed by atoms with Crippen LogP contribution in [0.1, 0.15) is 34.1 Å². The first-order valence-corrected chi connectivity index (χ1v) is 6.55. The molecule has 1 heterocycles. The van der Waals surface area contributed by atoms with Crippen LogP contribution in [0.25, 0.3) is 0 Å². The lowest BCUT2D eigenvalue weighted by molar-refractivity contribution is -0.150. The number of carboxylic acid groups (broad SMARTS) is 1. The Morgan fingerprint density at radius 1 is 1.33 bits per heavy atom. The van der Waals surface area contributed by atoms with Crippen LogP contribution in [-0.4, -0.2) is 41.6 Å². The van der Waals surface area contributed by atoms with Crippen LogP contribution in [0.5, 0.6) is 0 Å². The largest absolute Gasteiger partial charge is 0.481 e. The van der Waals surface area contributed by atoms with Crippen molar-refractivity contribution in [2.24, 2.45) is 17.3 Å². The van der Waals surface area contributed by atoms with E-state index >= 15 is 0 Å². The lowest BCUT2D eigenvalue weighted by Crippen LogP contribution is -2.44. The fraction of sp³-hybridized carbons (Fsp3) is 0.846. The molecule has 1 aliphatic heterocycles. The number of rotatable bonds is 4. The topological polar surface area (TPSA) is 69.6 Å². The van der Waals surface area contributed by atoms with E-state index in [2.05, 4.69) is 5.32 Å². The molecule has 0 aromatic heterocycles. The fourth-order valence-corrected chi connectivity index (χ4v) is 2.30. The van der Waals surface area contributed by atoms with Gasteiger partial charge in [-0.15, -0.1) is 0 Å². The zero-order valence-electron chi connectivity index (χ0n) is 11.7. The molecular weight excluding hydrogens is 232 g/mol. The first kappa shape index (κ1) is 14.8. The van der Waals surface area contributed by atoms with Crippen molar-refractivity contribution in [2.75, 3.05) is 19.6 Å². The molecule has 1 fully saturated rings. The normalized spacial score (nSPS) is 23.8. The zero-order valence-corrected chi connectivity index (χ0v) is 11.7. The van der Waals surface area contributed by atoms with Gasteiger partial charge in [-0.25, -0.2) is 4.79 Å². The van der Waals surface area contributed by atoms with Gasteiger partial charge in [0, 0.05) is 19.6 Å². The molecule has 0 bridgehead atoms. The summed E-state index contributed by atoms with van der Waals surface area (Å²) >= 11 is 0. The number of aliphatic carboxylic acids is 1. The molecule has 1 unspecified atom stereocenters. The number of carbonyl (C=O) groups is 2. The van der Waals surface area contributed by atoms with Crippen molar-refractivity contribution in [3.63, 3.8) is 0 Å². The van der Waals surface area contributed by atoms with Gasteiger partial charge in [0.2, 0.25) is 0 Å². The number of likely N-dealkylation sites (tertiary alicyclic amines) is 1. The van der Waals surface area contributed by atoms with Gasteiger partial charge in [0.15, 0.2) is 0 Å². The predicted octanol–water partition coefficient (Wildman–Crippen LogP) is 1.78. The zero-order chi connectivity index (χ0) is 13.9. The molecule has 0 spiro atoms. The summed E-state index contributed by atoms with van der Waals surface area (Å²) in [7, 11) is 0. The average Bonchev–Trinajstić information content (AvgIpc) is 2.71. The highest BCUT2D eigenvalue weighted by atomic mass is 16.4. The summed E-state index contributed by atoms with van der Waals surface area (Å²) in [5, 5.41) is 12.2. The standard InChI is InChI=1S/C13H24N2O3/c1-9(2)7-14-12(18)15-6-5-13(8-15,10(3)4)11(16)17/h9-10H,5-8H2,1-4H3,(H,14,18)(H,16,17). The molecule has 1 rings (SSSR count). The summed E-state index contributed by atoms with van der Waals surface area (Å²) < 4.78 is 0. The van der Waals surface area contributed by atoms with Gasteiger partial charge >= 0.3 is 12.0 Å². The molecule has 2 amide bonds. The van der Waals surface area contributed by atoms with Gasteiger partial charge in [-0.05, 0) is 18.3 Å². The second-order valence-corrected chi connectivity index (χ2v) is 5.87. The van der Waals surface area contributed by atoms with Crippen molar-refractivity contribution in [1.82, 2.24) is 10.2 Å². The van der Waals surface area contributed by atoms with E-state index in [1.807, 2.05) is 27.7 Å². The summed E-state index contributed by atoms with van der Waals surface area (Å²) in [4.78, 5) is 25.0. The molecule has 0 saturated carbocycles. The van der Waals surface area contributed by atoms with Gasteiger partial charge in [0.05, 0.1) is 5.41 Å². The number of nitrogens with zero attached hydrogens (tertiary/aromatic N) is 1. The number of urea groups is 1. The van der Waals surface area contributed by atoms with Gasteiger partial charge < -0.3 is 15.3 Å². The highest BCUT2D eigenvalue weighted by Gasteiger charge is 2.48. The number of carboxylic acids is 1. The van der Waals surface area contributed by atoms with E-state index in [9.17, 15) is 14.7 Å². The summed E-state index contributed by atoms with van der Waals surface area (Å²) in [6, 6.07) is -0.146. The van der Waals surface area contributed by atoms with E-state index in [0.29, 0.717) is 32.0 Å². The lowest BCUT2D eigenvalue weighted by Gasteiger charge is -2.28. The molecule has 1 saturated heterocycles. The SMILES string of the molecule is CC(C)CNC(=O)N1CCC(C(=O)O)(C(C)C)C1. The quantitative estimate of drug-likeness (QED) is 0.805. The Balaban J connectivity index is 2.64. The van der Waals surface area contributed by atoms with Crippen molar-refractivity contribution in [3.8, 4) is 0 Å². The fourth-order valence-electron chi connectivity index (χ4n) is 2.30. The Bertz CT molecular complexity index is 328. The van der Waals surface area contributed by atoms with Crippen molar-refractivity contribution in [3.05, 3.63) is 0 Å². The number of amides is 2. The molecule has 104 valence electrons. The summed E-state index contributed by atoms with van der Waals surface area (Å²) in [5.41, 5.74) is -0.783. The van der Waals surface area contributed by atoms with Gasteiger partial charge in [-0.3, -0.25) is 4.79 Å². The van der Waals surface area contributed by atoms with Crippen LogP contribution >= 0.6 is 0 Å². The Kier molecular flexibility index (Phi) is 4.59. The molecule has 0 aliphatic carbocycles. The van der Waals surface area contributed by atoms with Crippen LogP contribution in [-0.2, 0) is 4.79 Å². The maximum Gasteiger partial charge on any atom is 0.317 e. The maximum absolute atomic E-state index is 11.9. The van der Waals surface area contributed by atoms with Gasteiger partial charge in [0.1, 0.15) is 0 Å². The van der Waals surface area contributed by atoms with Crippen molar-refractivity contribution in [1.29, 1.82) is 0 Å². The van der Waals surface area contributed by atoms with E-state index < -0.39 is 11.4 Å². The first-order chi connectivity index (χ1) is 8.29. The number of nitrogens with one attached hydrogen (secondary N) is 1. The Morgan fingerprint density at radius 2 is 1.94 bits per heavy atom. The second-order valence-electron chi connectivity index (χ2n) is 5.87. The van der Waals surface area contributed by atoms with E-state index in [4.69, 9.17) is 0 Å². The maximum atomic E-state index is 11.9. The van der Waals surface area contributed by atoms with Crippen LogP contribution in [0.3, 0.4) is 0 Å². The molecule has 18 heavy (non-hydrogen) atoms. The second kappa shape index (κ2) is 5.59. The average molecular weight is 256 g/mol. The lowest BCUT2D eigenvalue weighted by atomic mass is 9.76. The smallest absolute Gasteiger partial charge is 0.317 e. The molecule has 2 N–H and O–H groups in total. The Hall–Kier alpha value is -1.26. The van der Waals surface area contributed by atoms with Gasteiger partial charge in [-0.1, -0.05) is 27.7 Å². The molecule has 0 aromatic rings. The van der Waals surface area contributed by atoms with E-state index in [-0.39, 0.29) is 11.9 Å². The minimum Gasteiger partial charge on any atom is -0.481 e. The van der Waals surface area contributed by atoms with E-state index in [0.717, 1.165) is 0 Å². The molecule has 1 atom stereocenters. The highest BCUT2D eigenvalue weighted by Crippen LogP contribution is 2.38. The van der Waals surface area contributed by atoms with Crippen molar-refractivity contribution >= 4 is 12.0 Å². The predicted molar refractivity (Wildman–Crippen MR) is 69.3 cm³/mol. The van der Waals surface area contributed by atoms with E-state index in [1.165, 1.54) is 0 Å². The van der Waals surface area contributed by atoms with Crippen LogP contribution < -0.4 is 5.32 Å². The summed E-state index contributed by atoms with van der Waals surface area (Å²) in [6.45, 7) is 9.32. The highest BCUT2D eigenvalue weighted by molar-refractivity contribution is 5.80. The van der Waals surface area contributed by atoms with Crippen LogP contribution in [0.4, 0.5) is 4.79 Å². The molecule has 0 aromatic carbocycles. The molecule has 5 heteroatoms. The summed E-state index contributed by atoms with van der Waals surface area (Å²) in [5.74, 6) is -0.375. The van der Waals surface area contributed by atoms with Crippen molar-refractivity contribution < 1.29 is 14.7 Å². The third-order valence-corrected chi connectivity index (χ3v) is 3.78. The monoisotopic (exact) mass is 256 g/mol. The number of carbonyl (C=O) groups excluding carboxylic acids is 1. The number of hydrogen-bond acceptors (Lipinski definition) is 2. The first-order valence-electron chi connectivity index (χ1n) is 6.55. The molecule has 1 aliphatic rings. The minimum atomic E-state index is -0.795. The Labute approximate surface area is 109 Å². The number of hydrogen-bond donors (Lipinski definition) is 2. The molecule has 0 radical (unpaired) electrons. The van der Waals surface area contributed by atoms with Gasteiger partial charge in [0.25, 0.3) is 0 Å². The van der Waals surface area contributed by atoms with Crippen LogP contribution in [0.2, 0.25) is 0 Å². The third kappa shape index (κ3) is 2.94. The van der Waals surface area contributed by atoms with Crippen LogP contribution in [0, 0.1) is 17.3 Å². The van der Waals surface area contributed by atoms with E-state index in [1.54, 1.807) is 4.90 Å². The minimum absolute atomic E-state index is 0.0258.